The summed E-state index contributed by atoms with van der Waals surface area (Å²) in [6.07, 6.45) is -0.103. The number of rotatable bonds is 5. The number of nitro groups is 1. The summed E-state index contributed by atoms with van der Waals surface area (Å²) in [6.45, 7) is 4.10. The molecule has 0 radical (unpaired) electrons. The van der Waals surface area contributed by atoms with Crippen molar-refractivity contribution in [2.75, 3.05) is 32.1 Å². The number of nitrogens with one attached hydrogen (secondary N) is 1. The molecule has 116 valence electrons. The first kappa shape index (κ1) is 15.7. The molecule has 1 heterocycles. The van der Waals surface area contributed by atoms with Gasteiger partial charge in [0, 0.05) is 32.7 Å². The van der Waals surface area contributed by atoms with Gasteiger partial charge in [-0.15, -0.1) is 0 Å². The largest absolute Gasteiger partial charge is 0.394 e. The Morgan fingerprint density at radius 1 is 1.52 bits per heavy atom. The number of hydrogen-bond donors (Lipinski definition) is 2. The minimum atomic E-state index is -0.395. The van der Waals surface area contributed by atoms with E-state index in [0.29, 0.717) is 18.8 Å². The molecule has 0 spiro atoms. The second-order valence-electron chi connectivity index (χ2n) is 5.30. The van der Waals surface area contributed by atoms with E-state index in [-0.39, 0.29) is 24.5 Å². The smallest absolute Gasteiger partial charge is 0.292 e. The van der Waals surface area contributed by atoms with E-state index in [2.05, 4.69) is 10.2 Å². The summed E-state index contributed by atoms with van der Waals surface area (Å²) in [5.41, 5.74) is 1.58. The normalized spacial score (nSPS) is 23.0. The Morgan fingerprint density at radius 2 is 2.29 bits per heavy atom. The monoisotopic (exact) mass is 295 g/mol. The van der Waals surface area contributed by atoms with Crippen molar-refractivity contribution in [1.82, 2.24) is 4.90 Å². The van der Waals surface area contributed by atoms with Crippen LogP contribution in [0.15, 0.2) is 18.2 Å². The average molecular weight is 295 g/mol. The molecule has 0 saturated carbocycles. The molecule has 2 rings (SSSR count). The molecule has 7 heteroatoms. The highest BCUT2D eigenvalue weighted by Gasteiger charge is 2.25. The van der Waals surface area contributed by atoms with Gasteiger partial charge in [0.05, 0.1) is 23.7 Å². The van der Waals surface area contributed by atoms with Crippen LogP contribution in [-0.2, 0) is 11.3 Å². The molecule has 1 aromatic rings. The predicted molar refractivity (Wildman–Crippen MR) is 79.3 cm³/mol. The SMILES string of the molecule is CNc1cc(CN2CC(C)OC(CO)C2)ccc1[N+](=O)[O-]. The summed E-state index contributed by atoms with van der Waals surface area (Å²) < 4.78 is 5.61. The minimum Gasteiger partial charge on any atom is -0.394 e. The van der Waals surface area contributed by atoms with Crippen molar-refractivity contribution in [3.05, 3.63) is 33.9 Å². The molecule has 0 aromatic heterocycles. The van der Waals surface area contributed by atoms with Crippen LogP contribution >= 0.6 is 0 Å². The van der Waals surface area contributed by atoms with Gasteiger partial charge < -0.3 is 15.2 Å². The van der Waals surface area contributed by atoms with Crippen LogP contribution in [0.1, 0.15) is 12.5 Å². The summed E-state index contributed by atoms with van der Waals surface area (Å²) in [5, 5.41) is 23.0. The number of nitrogens with zero attached hydrogens (tertiary/aromatic N) is 2. The number of nitro benzene ring substituents is 1. The Hall–Kier alpha value is -1.70. The molecular formula is C14H21N3O4. The zero-order valence-electron chi connectivity index (χ0n) is 12.3. The van der Waals surface area contributed by atoms with Crippen molar-refractivity contribution in [3.8, 4) is 0 Å². The molecule has 2 unspecified atom stereocenters. The summed E-state index contributed by atoms with van der Waals surface area (Å²) in [4.78, 5) is 12.7. The van der Waals surface area contributed by atoms with Crippen LogP contribution in [-0.4, -0.2) is 53.9 Å². The van der Waals surface area contributed by atoms with E-state index in [1.54, 1.807) is 19.2 Å². The summed E-state index contributed by atoms with van der Waals surface area (Å²) in [7, 11) is 1.67. The summed E-state index contributed by atoms with van der Waals surface area (Å²) in [5.74, 6) is 0. The molecule has 2 N–H and O–H groups in total. The van der Waals surface area contributed by atoms with E-state index in [4.69, 9.17) is 4.74 Å². The Labute approximate surface area is 123 Å². The highest BCUT2D eigenvalue weighted by molar-refractivity contribution is 5.62. The van der Waals surface area contributed by atoms with E-state index in [0.717, 1.165) is 12.1 Å². The minimum absolute atomic E-state index is 0.00284. The Kier molecular flexibility index (Phi) is 5.11. The lowest BCUT2D eigenvalue weighted by Gasteiger charge is -2.36. The molecule has 21 heavy (non-hydrogen) atoms. The highest BCUT2D eigenvalue weighted by Crippen LogP contribution is 2.26. The second-order valence-corrected chi connectivity index (χ2v) is 5.30. The molecule has 1 aliphatic rings. The number of anilines is 1. The van der Waals surface area contributed by atoms with Crippen LogP contribution < -0.4 is 5.32 Å². The zero-order valence-corrected chi connectivity index (χ0v) is 12.3. The number of benzene rings is 1. The van der Waals surface area contributed by atoms with Crippen LogP contribution in [0.3, 0.4) is 0 Å². The maximum atomic E-state index is 10.9. The first-order valence-corrected chi connectivity index (χ1v) is 6.97. The van der Waals surface area contributed by atoms with Gasteiger partial charge in [0.25, 0.3) is 5.69 Å². The molecule has 0 bridgehead atoms. The zero-order chi connectivity index (χ0) is 15.4. The molecule has 1 aliphatic heterocycles. The quantitative estimate of drug-likeness (QED) is 0.627. The van der Waals surface area contributed by atoms with Gasteiger partial charge in [0.2, 0.25) is 0 Å². The van der Waals surface area contributed by atoms with E-state index >= 15 is 0 Å². The number of aliphatic hydroxyl groups is 1. The average Bonchev–Trinajstić information content (AvgIpc) is 2.46. The fourth-order valence-electron chi connectivity index (χ4n) is 2.67. The topological polar surface area (TPSA) is 87.9 Å². The maximum absolute atomic E-state index is 10.9. The van der Waals surface area contributed by atoms with Gasteiger partial charge in [-0.25, -0.2) is 0 Å². The second kappa shape index (κ2) is 6.84. The van der Waals surface area contributed by atoms with Gasteiger partial charge in [-0.1, -0.05) is 6.07 Å². The van der Waals surface area contributed by atoms with Gasteiger partial charge in [0.1, 0.15) is 5.69 Å². The highest BCUT2D eigenvalue weighted by atomic mass is 16.6. The van der Waals surface area contributed by atoms with E-state index in [1.807, 2.05) is 6.92 Å². The number of aliphatic hydroxyl groups excluding tert-OH is 1. The van der Waals surface area contributed by atoms with Gasteiger partial charge in [0.15, 0.2) is 0 Å². The Bertz CT molecular complexity index is 509. The Balaban J connectivity index is 2.10. The standard InChI is InChI=1S/C14H21N3O4/c1-10-6-16(8-12(9-18)21-10)7-11-3-4-14(17(19)20)13(5-11)15-2/h3-5,10,12,15,18H,6-9H2,1-2H3. The third-order valence-corrected chi connectivity index (χ3v) is 3.54. The summed E-state index contributed by atoms with van der Waals surface area (Å²) in [6, 6.07) is 5.09. The molecule has 2 atom stereocenters. The van der Waals surface area contributed by atoms with E-state index < -0.39 is 4.92 Å². The van der Waals surface area contributed by atoms with Crippen molar-refractivity contribution in [3.63, 3.8) is 0 Å². The Morgan fingerprint density at radius 3 is 2.90 bits per heavy atom. The van der Waals surface area contributed by atoms with Crippen molar-refractivity contribution >= 4 is 11.4 Å². The van der Waals surface area contributed by atoms with Crippen molar-refractivity contribution in [1.29, 1.82) is 0 Å². The lowest BCUT2D eigenvalue weighted by molar-refractivity contribution is -0.384. The van der Waals surface area contributed by atoms with Crippen molar-refractivity contribution in [2.45, 2.75) is 25.7 Å². The molecule has 1 fully saturated rings. The van der Waals surface area contributed by atoms with Crippen LogP contribution in [0.4, 0.5) is 11.4 Å². The first-order valence-electron chi connectivity index (χ1n) is 6.97. The fraction of sp³-hybridized carbons (Fsp3) is 0.571. The molecule has 1 aromatic carbocycles. The van der Waals surface area contributed by atoms with Gasteiger partial charge >= 0.3 is 0 Å². The summed E-state index contributed by atoms with van der Waals surface area (Å²) >= 11 is 0. The maximum Gasteiger partial charge on any atom is 0.292 e. The fourth-order valence-corrected chi connectivity index (χ4v) is 2.67. The first-order chi connectivity index (χ1) is 10.0. The lowest BCUT2D eigenvalue weighted by atomic mass is 10.1. The van der Waals surface area contributed by atoms with Crippen LogP contribution in [0, 0.1) is 10.1 Å². The van der Waals surface area contributed by atoms with Crippen LogP contribution in [0.5, 0.6) is 0 Å². The van der Waals surface area contributed by atoms with E-state index in [9.17, 15) is 15.2 Å². The molecule has 7 nitrogen and oxygen atoms in total. The molecule has 1 saturated heterocycles. The number of ether oxygens (including phenoxy) is 1. The molecule has 0 amide bonds. The van der Waals surface area contributed by atoms with E-state index in [1.165, 1.54) is 6.07 Å². The van der Waals surface area contributed by atoms with Crippen LogP contribution in [0.25, 0.3) is 0 Å². The third kappa shape index (κ3) is 3.90. The van der Waals surface area contributed by atoms with Crippen molar-refractivity contribution in [2.24, 2.45) is 0 Å². The lowest BCUT2D eigenvalue weighted by Crippen LogP contribution is -2.47. The molecular weight excluding hydrogens is 274 g/mol. The number of morpholine rings is 1. The van der Waals surface area contributed by atoms with Gasteiger partial charge in [-0.05, 0) is 18.6 Å². The number of hydrogen-bond acceptors (Lipinski definition) is 6. The van der Waals surface area contributed by atoms with Gasteiger partial charge in [-0.3, -0.25) is 15.0 Å². The molecule has 0 aliphatic carbocycles. The predicted octanol–water partition coefficient (Wildman–Crippen LogP) is 1.22. The van der Waals surface area contributed by atoms with Crippen LogP contribution in [0.2, 0.25) is 0 Å². The third-order valence-electron chi connectivity index (χ3n) is 3.54. The van der Waals surface area contributed by atoms with Gasteiger partial charge in [-0.2, -0.15) is 0 Å². The van der Waals surface area contributed by atoms with Crippen molar-refractivity contribution < 1.29 is 14.8 Å².